The number of carbonyl (C=O) groups is 1. The number of carboxylic acid groups (broad SMARTS) is 1. The van der Waals surface area contributed by atoms with Gasteiger partial charge < -0.3 is 9.67 Å². The molecular weight excluding hydrogens is 264 g/mol. The number of rotatable bonds is 1. The van der Waals surface area contributed by atoms with Crippen LogP contribution in [0.5, 0.6) is 0 Å². The maximum Gasteiger partial charge on any atom is 0.336 e. The Kier molecular flexibility index (Phi) is 2.15. The van der Waals surface area contributed by atoms with E-state index in [1.54, 1.807) is 17.8 Å². The molecule has 0 saturated heterocycles. The van der Waals surface area contributed by atoms with E-state index in [-0.39, 0.29) is 11.1 Å². The Balaban J connectivity index is 2.94. The average molecular weight is 271 g/mol. The Morgan fingerprint density at radius 2 is 2.13 bits per heavy atom. The first kappa shape index (κ1) is 9.97. The lowest BCUT2D eigenvalue weighted by atomic mass is 10.2. The molecule has 0 saturated carbocycles. The van der Waals surface area contributed by atoms with Gasteiger partial charge >= 0.3 is 5.97 Å². The second-order valence-electron chi connectivity index (χ2n) is 3.14. The number of halogens is 1. The van der Waals surface area contributed by atoms with Crippen molar-refractivity contribution in [2.75, 3.05) is 0 Å². The molecule has 2 aromatic rings. The van der Waals surface area contributed by atoms with Crippen LogP contribution >= 0.6 is 15.9 Å². The van der Waals surface area contributed by atoms with Gasteiger partial charge in [0.25, 0.3) is 5.56 Å². The van der Waals surface area contributed by atoms with Gasteiger partial charge in [-0.1, -0.05) is 0 Å². The molecule has 0 fully saturated rings. The zero-order chi connectivity index (χ0) is 11.2. The molecule has 0 aromatic carbocycles. The van der Waals surface area contributed by atoms with Gasteiger partial charge in [-0.2, -0.15) is 0 Å². The Hall–Kier alpha value is -1.56. The fourth-order valence-electron chi connectivity index (χ4n) is 1.44. The summed E-state index contributed by atoms with van der Waals surface area (Å²) < 4.78 is 3.67. The van der Waals surface area contributed by atoms with E-state index >= 15 is 0 Å². The van der Waals surface area contributed by atoms with Crippen LogP contribution in [0.15, 0.2) is 27.7 Å². The van der Waals surface area contributed by atoms with Gasteiger partial charge in [-0.3, -0.25) is 9.20 Å². The Morgan fingerprint density at radius 3 is 2.73 bits per heavy atom. The van der Waals surface area contributed by atoms with Crippen LogP contribution in [0, 0.1) is 0 Å². The van der Waals surface area contributed by atoms with Gasteiger partial charge in [0.15, 0.2) is 0 Å². The normalized spacial score (nSPS) is 10.8. The van der Waals surface area contributed by atoms with Crippen molar-refractivity contribution < 1.29 is 9.90 Å². The molecule has 5 nitrogen and oxygen atoms in total. The van der Waals surface area contributed by atoms with E-state index in [4.69, 9.17) is 5.11 Å². The smallest absolute Gasteiger partial charge is 0.336 e. The third-order valence-electron chi connectivity index (χ3n) is 2.14. The summed E-state index contributed by atoms with van der Waals surface area (Å²) in [5.74, 6) is -1.10. The second kappa shape index (κ2) is 3.23. The van der Waals surface area contributed by atoms with E-state index < -0.39 is 5.97 Å². The highest BCUT2D eigenvalue weighted by Gasteiger charge is 2.11. The highest BCUT2D eigenvalue weighted by atomic mass is 79.9. The molecule has 0 spiro atoms. The van der Waals surface area contributed by atoms with Crippen LogP contribution in [0.4, 0.5) is 0 Å². The minimum absolute atomic E-state index is 0.00583. The van der Waals surface area contributed by atoms with Crippen LogP contribution < -0.4 is 5.56 Å². The molecule has 0 aliphatic rings. The number of hydrogen-bond donors (Lipinski definition) is 1. The minimum atomic E-state index is -1.10. The lowest BCUT2D eigenvalue weighted by molar-refractivity contribution is 0.0696. The predicted molar refractivity (Wildman–Crippen MR) is 57.3 cm³/mol. The molecule has 78 valence electrons. The molecule has 6 heteroatoms. The maximum atomic E-state index is 11.6. The third-order valence-corrected chi connectivity index (χ3v) is 2.69. The van der Waals surface area contributed by atoms with Gasteiger partial charge in [-0.15, -0.1) is 0 Å². The first-order chi connectivity index (χ1) is 7.00. The molecule has 0 atom stereocenters. The number of fused-ring (bicyclic) bond motifs is 1. The molecule has 1 N–H and O–H groups in total. The number of imidazole rings is 1. The van der Waals surface area contributed by atoms with Crippen molar-refractivity contribution in [3.05, 3.63) is 38.9 Å². The zero-order valence-electron chi connectivity index (χ0n) is 7.77. The van der Waals surface area contributed by atoms with Gasteiger partial charge in [-0.05, 0) is 22.0 Å². The van der Waals surface area contributed by atoms with Crippen LogP contribution in [0.2, 0.25) is 0 Å². The molecule has 0 radical (unpaired) electrons. The van der Waals surface area contributed by atoms with E-state index in [1.807, 2.05) is 0 Å². The van der Waals surface area contributed by atoms with Crippen molar-refractivity contribution in [2.24, 2.45) is 7.05 Å². The third kappa shape index (κ3) is 1.46. The van der Waals surface area contributed by atoms with Crippen molar-refractivity contribution in [2.45, 2.75) is 0 Å². The summed E-state index contributed by atoms with van der Waals surface area (Å²) in [5.41, 5.74) is 0.165. The minimum Gasteiger partial charge on any atom is -0.478 e. The maximum absolute atomic E-state index is 11.6. The average Bonchev–Trinajstić information content (AvgIpc) is 2.42. The fraction of sp³-hybridized carbons (Fsp3) is 0.111. The monoisotopic (exact) mass is 270 g/mol. The number of hydrogen-bond acceptors (Lipinski definition) is 2. The summed E-state index contributed by atoms with van der Waals surface area (Å²) in [6, 6.07) is 2.55. The molecular formula is C9H7BrN2O3. The lowest BCUT2D eigenvalue weighted by Gasteiger charge is -1.98. The van der Waals surface area contributed by atoms with E-state index in [0.717, 1.165) is 6.07 Å². The van der Waals surface area contributed by atoms with Crippen molar-refractivity contribution in [3.63, 3.8) is 0 Å². The van der Waals surface area contributed by atoms with Crippen LogP contribution in [0.1, 0.15) is 10.4 Å². The summed E-state index contributed by atoms with van der Waals surface area (Å²) in [6.07, 6.45) is 1.70. The van der Waals surface area contributed by atoms with Gasteiger partial charge in [0.1, 0.15) is 10.3 Å². The van der Waals surface area contributed by atoms with Crippen LogP contribution in [0.25, 0.3) is 5.65 Å². The summed E-state index contributed by atoms with van der Waals surface area (Å²) in [4.78, 5) is 22.3. The van der Waals surface area contributed by atoms with Crippen LogP contribution in [0.3, 0.4) is 0 Å². The molecule has 0 bridgehead atoms. The van der Waals surface area contributed by atoms with Crippen molar-refractivity contribution >= 4 is 27.5 Å². The number of aromatic nitrogens is 2. The lowest BCUT2D eigenvalue weighted by Crippen LogP contribution is -2.15. The first-order valence-electron chi connectivity index (χ1n) is 4.11. The number of carboxylic acids is 1. The van der Waals surface area contributed by atoms with Gasteiger partial charge in [0, 0.05) is 19.3 Å². The molecule has 0 unspecified atom stereocenters. The molecule has 0 amide bonds. The molecule has 2 heterocycles. The zero-order valence-corrected chi connectivity index (χ0v) is 9.35. The van der Waals surface area contributed by atoms with Gasteiger partial charge in [-0.25, -0.2) is 4.79 Å². The summed E-state index contributed by atoms with van der Waals surface area (Å²) in [6.45, 7) is 0. The standard InChI is InChI=1S/C9H7BrN2O3/c1-11-4-6(10)12-7(11)2-5(9(14)15)3-8(12)13/h2-4H,1H3,(H,14,15). The predicted octanol–water partition coefficient (Wildman–Crippen LogP) is 1.10. The summed E-state index contributed by atoms with van der Waals surface area (Å²) in [5, 5.41) is 8.80. The first-order valence-corrected chi connectivity index (χ1v) is 4.91. The van der Waals surface area contributed by atoms with E-state index in [1.165, 1.54) is 10.5 Å². The summed E-state index contributed by atoms with van der Waals surface area (Å²) in [7, 11) is 1.74. The Morgan fingerprint density at radius 1 is 1.47 bits per heavy atom. The molecule has 0 aliphatic carbocycles. The SMILES string of the molecule is Cn1cc(Br)n2c(=O)cc(C(=O)O)cc12. The van der Waals surface area contributed by atoms with Crippen LogP contribution in [-0.4, -0.2) is 20.0 Å². The van der Waals surface area contributed by atoms with Gasteiger partial charge in [0.05, 0.1) is 5.56 Å². The molecule has 0 aliphatic heterocycles. The van der Waals surface area contributed by atoms with E-state index in [9.17, 15) is 9.59 Å². The van der Waals surface area contributed by atoms with Crippen molar-refractivity contribution in [1.29, 1.82) is 0 Å². The van der Waals surface area contributed by atoms with Crippen molar-refractivity contribution in [3.8, 4) is 0 Å². The van der Waals surface area contributed by atoms with Crippen LogP contribution in [-0.2, 0) is 7.05 Å². The number of aryl methyl sites for hydroxylation is 1. The molecule has 2 aromatic heterocycles. The molecule has 15 heavy (non-hydrogen) atoms. The van der Waals surface area contributed by atoms with Gasteiger partial charge in [0.2, 0.25) is 0 Å². The number of aromatic carboxylic acids is 1. The summed E-state index contributed by atoms with van der Waals surface area (Å²) >= 11 is 3.22. The fourth-order valence-corrected chi connectivity index (χ4v) is 2.10. The highest BCUT2D eigenvalue weighted by Crippen LogP contribution is 2.14. The van der Waals surface area contributed by atoms with E-state index in [2.05, 4.69) is 15.9 Å². The topological polar surface area (TPSA) is 63.7 Å². The number of nitrogens with zero attached hydrogens (tertiary/aromatic N) is 2. The van der Waals surface area contributed by atoms with Crippen molar-refractivity contribution in [1.82, 2.24) is 8.97 Å². The second-order valence-corrected chi connectivity index (χ2v) is 3.96. The molecule has 2 rings (SSSR count). The largest absolute Gasteiger partial charge is 0.478 e. The number of pyridine rings is 1. The highest BCUT2D eigenvalue weighted by molar-refractivity contribution is 9.10. The Labute approximate surface area is 92.7 Å². The Bertz CT molecular complexity index is 612. The van der Waals surface area contributed by atoms with E-state index in [0.29, 0.717) is 10.3 Å². The quantitative estimate of drug-likeness (QED) is 0.844.